The number of fused-ring (bicyclic) bond motifs is 1. The fraction of sp³-hybridized carbons (Fsp3) is 0.0909. The number of carboxylic acid groups (broad SMARTS) is 1. The largest absolute Gasteiger partial charge is 0.478 e. The van der Waals surface area contributed by atoms with Crippen LogP contribution in [0.4, 0.5) is 0 Å². The summed E-state index contributed by atoms with van der Waals surface area (Å²) in [6, 6.07) is 4.92. The molecule has 7 heteroatoms. The minimum Gasteiger partial charge on any atom is -0.478 e. The Labute approximate surface area is 101 Å². The maximum absolute atomic E-state index is 11.0. The summed E-state index contributed by atoms with van der Waals surface area (Å²) in [5.41, 5.74) is 1.55. The third kappa shape index (κ3) is 1.45. The second-order valence-electron chi connectivity index (χ2n) is 3.81. The Hall–Kier alpha value is -2.70. The summed E-state index contributed by atoms with van der Waals surface area (Å²) in [7, 11) is 1.79. The van der Waals surface area contributed by atoms with Gasteiger partial charge in [0.2, 0.25) is 0 Å². The van der Waals surface area contributed by atoms with Crippen molar-refractivity contribution in [1.29, 1.82) is 0 Å². The van der Waals surface area contributed by atoms with Gasteiger partial charge in [-0.15, -0.1) is 10.2 Å². The van der Waals surface area contributed by atoms with Crippen molar-refractivity contribution >= 4 is 11.6 Å². The first-order valence-electron chi connectivity index (χ1n) is 5.23. The summed E-state index contributed by atoms with van der Waals surface area (Å²) in [6.07, 6.45) is 3.15. The number of aryl methyl sites for hydroxylation is 1. The van der Waals surface area contributed by atoms with E-state index in [4.69, 9.17) is 5.11 Å². The summed E-state index contributed by atoms with van der Waals surface area (Å²) >= 11 is 0. The number of pyridine rings is 1. The molecule has 0 aliphatic rings. The van der Waals surface area contributed by atoms with Gasteiger partial charge in [-0.2, -0.15) is 5.10 Å². The second-order valence-corrected chi connectivity index (χ2v) is 3.81. The van der Waals surface area contributed by atoms with Crippen LogP contribution in [0.25, 0.3) is 17.2 Å². The van der Waals surface area contributed by atoms with Gasteiger partial charge in [-0.25, -0.2) is 4.79 Å². The summed E-state index contributed by atoms with van der Waals surface area (Å²) in [6.45, 7) is 0. The number of aromatic nitrogens is 5. The van der Waals surface area contributed by atoms with Crippen LogP contribution in [-0.4, -0.2) is 35.5 Å². The van der Waals surface area contributed by atoms with Gasteiger partial charge in [0.05, 0.1) is 5.56 Å². The van der Waals surface area contributed by atoms with Crippen LogP contribution < -0.4 is 0 Å². The van der Waals surface area contributed by atoms with Gasteiger partial charge in [-0.05, 0) is 18.2 Å². The number of hydrogen-bond acceptors (Lipinski definition) is 4. The van der Waals surface area contributed by atoms with Gasteiger partial charge in [0.1, 0.15) is 5.69 Å². The molecule has 0 saturated heterocycles. The van der Waals surface area contributed by atoms with Crippen molar-refractivity contribution in [2.75, 3.05) is 0 Å². The fourth-order valence-electron chi connectivity index (χ4n) is 1.79. The number of nitrogens with zero attached hydrogens (tertiary/aromatic N) is 5. The molecule has 0 fully saturated rings. The van der Waals surface area contributed by atoms with Gasteiger partial charge in [0, 0.05) is 19.4 Å². The van der Waals surface area contributed by atoms with Gasteiger partial charge < -0.3 is 5.11 Å². The van der Waals surface area contributed by atoms with E-state index in [9.17, 15) is 4.79 Å². The maximum Gasteiger partial charge on any atom is 0.337 e. The molecule has 0 aromatic carbocycles. The second kappa shape index (κ2) is 3.66. The number of aromatic carboxylic acids is 1. The van der Waals surface area contributed by atoms with E-state index in [1.54, 1.807) is 34.5 Å². The average Bonchev–Trinajstić information content (AvgIpc) is 2.93. The van der Waals surface area contributed by atoms with Crippen molar-refractivity contribution in [2.24, 2.45) is 7.05 Å². The predicted octanol–water partition coefficient (Wildman–Crippen LogP) is 0.828. The number of carboxylic acids is 1. The van der Waals surface area contributed by atoms with Crippen molar-refractivity contribution in [2.45, 2.75) is 0 Å². The van der Waals surface area contributed by atoms with Gasteiger partial charge in [0.25, 0.3) is 0 Å². The quantitative estimate of drug-likeness (QED) is 0.720. The topological polar surface area (TPSA) is 85.3 Å². The lowest BCUT2D eigenvalue weighted by molar-refractivity contribution is 0.0696. The lowest BCUT2D eigenvalue weighted by atomic mass is 10.3. The molecule has 90 valence electrons. The Morgan fingerprint density at radius 2 is 2.11 bits per heavy atom. The van der Waals surface area contributed by atoms with Crippen molar-refractivity contribution in [3.8, 4) is 11.5 Å². The SMILES string of the molecule is Cn1nccc1-c1nnc2ccc(C(=O)O)cn12. The Balaban J connectivity index is 2.27. The molecule has 3 heterocycles. The predicted molar refractivity (Wildman–Crippen MR) is 62.1 cm³/mol. The normalized spacial score (nSPS) is 10.9. The number of hydrogen-bond donors (Lipinski definition) is 1. The minimum absolute atomic E-state index is 0.186. The van der Waals surface area contributed by atoms with Gasteiger partial charge >= 0.3 is 5.97 Å². The molecule has 0 bridgehead atoms. The molecule has 3 aromatic rings. The molecule has 0 atom stereocenters. The molecular weight excluding hydrogens is 234 g/mol. The Bertz CT molecular complexity index is 743. The van der Waals surface area contributed by atoms with Crippen LogP contribution in [-0.2, 0) is 7.05 Å². The molecule has 0 spiro atoms. The van der Waals surface area contributed by atoms with Gasteiger partial charge in [0.15, 0.2) is 11.5 Å². The highest BCUT2D eigenvalue weighted by Gasteiger charge is 2.13. The van der Waals surface area contributed by atoms with Crippen molar-refractivity contribution < 1.29 is 9.90 Å². The molecule has 1 N–H and O–H groups in total. The van der Waals surface area contributed by atoms with Crippen molar-refractivity contribution in [3.63, 3.8) is 0 Å². The molecule has 7 nitrogen and oxygen atoms in total. The van der Waals surface area contributed by atoms with Crippen LogP contribution in [0.1, 0.15) is 10.4 Å². The van der Waals surface area contributed by atoms with Crippen LogP contribution in [0.2, 0.25) is 0 Å². The summed E-state index contributed by atoms with van der Waals surface area (Å²) in [5, 5.41) is 21.1. The molecule has 0 saturated carbocycles. The highest BCUT2D eigenvalue weighted by Crippen LogP contribution is 2.17. The third-order valence-corrected chi connectivity index (χ3v) is 2.70. The summed E-state index contributed by atoms with van der Waals surface area (Å²) in [5.74, 6) is -0.422. The Kier molecular flexibility index (Phi) is 2.12. The molecule has 0 aliphatic carbocycles. The van der Waals surface area contributed by atoms with Crippen LogP contribution in [0.5, 0.6) is 0 Å². The van der Waals surface area contributed by atoms with E-state index in [0.29, 0.717) is 11.5 Å². The van der Waals surface area contributed by atoms with E-state index < -0.39 is 5.97 Å². The minimum atomic E-state index is -0.985. The van der Waals surface area contributed by atoms with Crippen LogP contribution in [0, 0.1) is 0 Å². The zero-order valence-corrected chi connectivity index (χ0v) is 9.48. The molecule has 3 rings (SSSR count). The highest BCUT2D eigenvalue weighted by molar-refractivity contribution is 5.87. The van der Waals surface area contributed by atoms with E-state index in [1.807, 2.05) is 0 Å². The third-order valence-electron chi connectivity index (χ3n) is 2.70. The zero-order chi connectivity index (χ0) is 12.7. The summed E-state index contributed by atoms with van der Waals surface area (Å²) in [4.78, 5) is 11.0. The number of rotatable bonds is 2. The Morgan fingerprint density at radius 3 is 2.78 bits per heavy atom. The van der Waals surface area contributed by atoms with E-state index in [1.165, 1.54) is 12.3 Å². The highest BCUT2D eigenvalue weighted by atomic mass is 16.4. The van der Waals surface area contributed by atoms with Crippen LogP contribution in [0.15, 0.2) is 30.6 Å². The maximum atomic E-state index is 11.0. The first-order chi connectivity index (χ1) is 8.66. The molecule has 0 aliphatic heterocycles. The van der Waals surface area contributed by atoms with E-state index in [2.05, 4.69) is 15.3 Å². The van der Waals surface area contributed by atoms with Gasteiger partial charge in [-0.1, -0.05) is 0 Å². The lowest BCUT2D eigenvalue weighted by Gasteiger charge is -2.01. The molecule has 0 amide bonds. The monoisotopic (exact) mass is 243 g/mol. The Morgan fingerprint density at radius 1 is 1.28 bits per heavy atom. The molecule has 18 heavy (non-hydrogen) atoms. The lowest BCUT2D eigenvalue weighted by Crippen LogP contribution is -2.01. The summed E-state index contributed by atoms with van der Waals surface area (Å²) < 4.78 is 3.30. The van der Waals surface area contributed by atoms with E-state index in [-0.39, 0.29) is 5.56 Å². The molecular formula is C11H9N5O2. The fourth-order valence-corrected chi connectivity index (χ4v) is 1.79. The molecule has 3 aromatic heterocycles. The standard InChI is InChI=1S/C11H9N5O2/c1-15-8(4-5-12-15)10-14-13-9-3-2-7(11(17)18)6-16(9)10/h2-6H,1H3,(H,17,18). The zero-order valence-electron chi connectivity index (χ0n) is 9.48. The average molecular weight is 243 g/mol. The molecule has 0 radical (unpaired) electrons. The van der Waals surface area contributed by atoms with E-state index in [0.717, 1.165) is 5.69 Å². The first-order valence-corrected chi connectivity index (χ1v) is 5.23. The van der Waals surface area contributed by atoms with E-state index >= 15 is 0 Å². The van der Waals surface area contributed by atoms with Crippen LogP contribution in [0.3, 0.4) is 0 Å². The van der Waals surface area contributed by atoms with Crippen molar-refractivity contribution in [1.82, 2.24) is 24.4 Å². The van der Waals surface area contributed by atoms with Crippen molar-refractivity contribution in [3.05, 3.63) is 36.2 Å². The first kappa shape index (κ1) is 10.5. The van der Waals surface area contributed by atoms with Crippen LogP contribution >= 0.6 is 0 Å². The molecule has 0 unspecified atom stereocenters. The van der Waals surface area contributed by atoms with Gasteiger partial charge in [-0.3, -0.25) is 9.08 Å². The smallest absolute Gasteiger partial charge is 0.337 e. The number of carbonyl (C=O) groups is 1.